The second-order valence-corrected chi connectivity index (χ2v) is 5.65. The molecular weight excluding hydrogens is 236 g/mol. The number of rotatable bonds is 7. The number of nitrogens with one attached hydrogen (secondary N) is 1. The van der Waals surface area contributed by atoms with E-state index in [9.17, 15) is 0 Å². The lowest BCUT2D eigenvalue weighted by molar-refractivity contribution is 0.237. The van der Waals surface area contributed by atoms with Crippen LogP contribution in [0.15, 0.2) is 24.3 Å². The van der Waals surface area contributed by atoms with Gasteiger partial charge < -0.3 is 10.1 Å². The summed E-state index contributed by atoms with van der Waals surface area (Å²) in [5.41, 5.74) is 1.28. The first-order valence-corrected chi connectivity index (χ1v) is 7.21. The summed E-state index contributed by atoms with van der Waals surface area (Å²) in [7, 11) is 3.95. The molecule has 0 spiro atoms. The Morgan fingerprint density at radius 2 is 2.11 bits per heavy atom. The fourth-order valence-electron chi connectivity index (χ4n) is 2.36. The molecule has 1 aliphatic rings. The number of methoxy groups -OCH3 is 1. The molecule has 1 aliphatic carbocycles. The number of hydrogen-bond donors (Lipinski definition) is 1. The van der Waals surface area contributed by atoms with E-state index in [1.165, 1.54) is 18.4 Å². The van der Waals surface area contributed by atoms with Gasteiger partial charge in [0.05, 0.1) is 7.11 Å². The van der Waals surface area contributed by atoms with Crippen LogP contribution in [0.3, 0.4) is 0 Å². The van der Waals surface area contributed by atoms with Crippen LogP contribution in [0.4, 0.5) is 0 Å². The van der Waals surface area contributed by atoms with Gasteiger partial charge in [0.25, 0.3) is 0 Å². The van der Waals surface area contributed by atoms with Crippen LogP contribution in [0.2, 0.25) is 0 Å². The first kappa shape index (κ1) is 14.4. The second-order valence-electron chi connectivity index (χ2n) is 5.65. The van der Waals surface area contributed by atoms with Crippen LogP contribution in [0.25, 0.3) is 0 Å². The molecule has 2 rings (SSSR count). The largest absolute Gasteiger partial charge is 0.497 e. The van der Waals surface area contributed by atoms with Crippen LogP contribution in [0, 0.1) is 0 Å². The Morgan fingerprint density at radius 1 is 1.37 bits per heavy atom. The van der Waals surface area contributed by atoms with Gasteiger partial charge >= 0.3 is 0 Å². The molecule has 3 heteroatoms. The molecule has 1 fully saturated rings. The maximum absolute atomic E-state index is 5.27. The number of hydrogen-bond acceptors (Lipinski definition) is 3. The third kappa shape index (κ3) is 3.95. The van der Waals surface area contributed by atoms with Crippen molar-refractivity contribution in [2.75, 3.05) is 20.7 Å². The molecule has 19 heavy (non-hydrogen) atoms. The minimum Gasteiger partial charge on any atom is -0.497 e. The van der Waals surface area contributed by atoms with Crippen molar-refractivity contribution < 1.29 is 4.74 Å². The molecule has 0 radical (unpaired) electrons. The minimum absolute atomic E-state index is 0.352. The maximum Gasteiger partial charge on any atom is 0.119 e. The van der Waals surface area contributed by atoms with E-state index in [2.05, 4.69) is 43.2 Å². The average Bonchev–Trinajstić information content (AvgIpc) is 3.28. The first-order valence-electron chi connectivity index (χ1n) is 7.21. The van der Waals surface area contributed by atoms with Crippen LogP contribution in [0.5, 0.6) is 5.75 Å². The molecule has 0 amide bonds. The van der Waals surface area contributed by atoms with Gasteiger partial charge in [-0.15, -0.1) is 0 Å². The number of nitrogens with zero attached hydrogens (tertiary/aromatic N) is 1. The predicted octanol–water partition coefficient (Wildman–Crippen LogP) is 2.83. The van der Waals surface area contributed by atoms with E-state index in [0.29, 0.717) is 12.1 Å². The van der Waals surface area contributed by atoms with Gasteiger partial charge in [0.2, 0.25) is 0 Å². The molecule has 3 nitrogen and oxygen atoms in total. The van der Waals surface area contributed by atoms with Crippen LogP contribution in [0.1, 0.15) is 38.3 Å². The summed E-state index contributed by atoms with van der Waals surface area (Å²) in [5.74, 6) is 0.925. The molecule has 1 aromatic carbocycles. The Hall–Kier alpha value is -1.06. The number of ether oxygens (including phenoxy) is 1. The van der Waals surface area contributed by atoms with Crippen LogP contribution in [-0.2, 0) is 0 Å². The lowest BCUT2D eigenvalue weighted by Gasteiger charge is -2.26. The van der Waals surface area contributed by atoms with Gasteiger partial charge in [0, 0.05) is 24.7 Å². The van der Waals surface area contributed by atoms with E-state index in [-0.39, 0.29) is 0 Å². The highest BCUT2D eigenvalue weighted by atomic mass is 16.5. The third-order valence-corrected chi connectivity index (χ3v) is 4.13. The Balaban J connectivity index is 1.84. The molecule has 0 bridgehead atoms. The standard InChI is InChI=1S/C16H26N2O/c1-12(18(3)15-8-9-15)11-17-13(2)14-6-5-7-16(10-14)19-4/h5-7,10,12-13,15,17H,8-9,11H2,1-4H3. The highest BCUT2D eigenvalue weighted by Gasteiger charge is 2.28. The van der Waals surface area contributed by atoms with Crippen LogP contribution < -0.4 is 10.1 Å². The van der Waals surface area contributed by atoms with Crippen molar-refractivity contribution in [3.8, 4) is 5.75 Å². The normalized spacial score (nSPS) is 18.4. The molecule has 1 N–H and O–H groups in total. The van der Waals surface area contributed by atoms with Gasteiger partial charge in [-0.05, 0) is 51.4 Å². The molecule has 0 saturated heterocycles. The van der Waals surface area contributed by atoms with Crippen molar-refractivity contribution in [3.05, 3.63) is 29.8 Å². The second kappa shape index (κ2) is 6.40. The van der Waals surface area contributed by atoms with Gasteiger partial charge in [-0.3, -0.25) is 4.90 Å². The average molecular weight is 262 g/mol. The molecule has 0 aliphatic heterocycles. The number of benzene rings is 1. The van der Waals surface area contributed by atoms with Crippen LogP contribution in [-0.4, -0.2) is 37.7 Å². The predicted molar refractivity (Wildman–Crippen MR) is 79.7 cm³/mol. The van der Waals surface area contributed by atoms with Crippen LogP contribution >= 0.6 is 0 Å². The summed E-state index contributed by atoms with van der Waals surface area (Å²) in [5, 5.41) is 3.62. The number of likely N-dealkylation sites (N-methyl/N-ethyl adjacent to an activating group) is 1. The summed E-state index contributed by atoms with van der Waals surface area (Å²) in [6, 6.07) is 10.0. The van der Waals surface area contributed by atoms with E-state index >= 15 is 0 Å². The van der Waals surface area contributed by atoms with Crippen molar-refractivity contribution in [3.63, 3.8) is 0 Å². The van der Waals surface area contributed by atoms with E-state index in [1.54, 1.807) is 7.11 Å². The Morgan fingerprint density at radius 3 is 2.74 bits per heavy atom. The van der Waals surface area contributed by atoms with Gasteiger partial charge in [-0.25, -0.2) is 0 Å². The van der Waals surface area contributed by atoms with Gasteiger partial charge in [-0.2, -0.15) is 0 Å². The SMILES string of the molecule is COc1cccc(C(C)NCC(C)N(C)C2CC2)c1. The minimum atomic E-state index is 0.352. The molecular formula is C16H26N2O. The van der Waals surface area contributed by atoms with Gasteiger partial charge in [0.1, 0.15) is 5.75 Å². The molecule has 2 atom stereocenters. The Bertz CT molecular complexity index is 403. The van der Waals surface area contributed by atoms with E-state index in [0.717, 1.165) is 18.3 Å². The maximum atomic E-state index is 5.27. The van der Waals surface area contributed by atoms with Crippen molar-refractivity contribution in [2.45, 2.75) is 44.8 Å². The topological polar surface area (TPSA) is 24.5 Å². The van der Waals surface area contributed by atoms with Gasteiger partial charge in [0.15, 0.2) is 0 Å². The lowest BCUT2D eigenvalue weighted by Crippen LogP contribution is -2.39. The zero-order valence-corrected chi connectivity index (χ0v) is 12.5. The van der Waals surface area contributed by atoms with Crippen molar-refractivity contribution >= 4 is 0 Å². The molecule has 1 saturated carbocycles. The summed E-state index contributed by atoms with van der Waals surface area (Å²) in [4.78, 5) is 2.49. The first-order chi connectivity index (χ1) is 9.11. The fraction of sp³-hybridized carbons (Fsp3) is 0.625. The smallest absolute Gasteiger partial charge is 0.119 e. The van der Waals surface area contributed by atoms with Crippen molar-refractivity contribution in [1.82, 2.24) is 10.2 Å². The monoisotopic (exact) mass is 262 g/mol. The Kier molecular flexibility index (Phi) is 4.83. The summed E-state index contributed by atoms with van der Waals surface area (Å²) < 4.78 is 5.27. The van der Waals surface area contributed by atoms with Crippen molar-refractivity contribution in [2.24, 2.45) is 0 Å². The highest BCUT2D eigenvalue weighted by Crippen LogP contribution is 2.27. The zero-order chi connectivity index (χ0) is 13.8. The van der Waals surface area contributed by atoms with E-state index in [4.69, 9.17) is 4.74 Å². The quantitative estimate of drug-likeness (QED) is 0.818. The third-order valence-electron chi connectivity index (χ3n) is 4.13. The molecule has 1 aromatic rings. The lowest BCUT2D eigenvalue weighted by atomic mass is 10.1. The highest BCUT2D eigenvalue weighted by molar-refractivity contribution is 5.30. The zero-order valence-electron chi connectivity index (χ0n) is 12.5. The summed E-state index contributed by atoms with van der Waals surface area (Å²) in [6.07, 6.45) is 2.73. The van der Waals surface area contributed by atoms with E-state index < -0.39 is 0 Å². The molecule has 0 aromatic heterocycles. The molecule has 0 heterocycles. The fourth-order valence-corrected chi connectivity index (χ4v) is 2.36. The van der Waals surface area contributed by atoms with Gasteiger partial charge in [-0.1, -0.05) is 12.1 Å². The summed E-state index contributed by atoms with van der Waals surface area (Å²) in [6.45, 7) is 5.52. The summed E-state index contributed by atoms with van der Waals surface area (Å²) >= 11 is 0. The Labute approximate surface area is 116 Å². The van der Waals surface area contributed by atoms with Crippen molar-refractivity contribution in [1.29, 1.82) is 0 Å². The molecule has 106 valence electrons. The van der Waals surface area contributed by atoms with E-state index in [1.807, 2.05) is 12.1 Å². The molecule has 2 unspecified atom stereocenters.